The summed E-state index contributed by atoms with van der Waals surface area (Å²) in [7, 11) is 0. The van der Waals surface area contributed by atoms with Gasteiger partial charge >= 0.3 is 0 Å². The Kier molecular flexibility index (Phi) is 4.02. The maximum Gasteiger partial charge on any atom is 0.168 e. The van der Waals surface area contributed by atoms with Gasteiger partial charge in [0.25, 0.3) is 0 Å². The number of nitrogens with one attached hydrogen (secondary N) is 1. The van der Waals surface area contributed by atoms with Crippen LogP contribution in [0.2, 0.25) is 5.02 Å². The highest BCUT2D eigenvalue weighted by Crippen LogP contribution is 2.31. The molecule has 2 aromatic carbocycles. The van der Waals surface area contributed by atoms with Gasteiger partial charge in [0.1, 0.15) is 12.1 Å². The summed E-state index contributed by atoms with van der Waals surface area (Å²) in [6.07, 6.45) is 8.13. The highest BCUT2D eigenvalue weighted by atomic mass is 35.5. The van der Waals surface area contributed by atoms with Crippen molar-refractivity contribution in [1.82, 2.24) is 19.7 Å². The van der Waals surface area contributed by atoms with E-state index in [0.29, 0.717) is 5.02 Å². The van der Waals surface area contributed by atoms with Crippen molar-refractivity contribution in [2.75, 3.05) is 5.32 Å². The van der Waals surface area contributed by atoms with Crippen molar-refractivity contribution in [3.05, 3.63) is 71.1 Å². The number of anilines is 2. The summed E-state index contributed by atoms with van der Waals surface area (Å²) >= 11 is 6.13. The van der Waals surface area contributed by atoms with Gasteiger partial charge in [0.15, 0.2) is 5.65 Å². The fourth-order valence-corrected chi connectivity index (χ4v) is 3.95. The molecule has 2 heterocycles. The van der Waals surface area contributed by atoms with Crippen LogP contribution in [-0.4, -0.2) is 19.7 Å². The molecule has 0 spiro atoms. The molecule has 0 fully saturated rings. The van der Waals surface area contributed by atoms with Gasteiger partial charge in [-0.05, 0) is 61.1 Å². The summed E-state index contributed by atoms with van der Waals surface area (Å²) in [4.78, 5) is 8.92. The van der Waals surface area contributed by atoms with E-state index in [1.54, 1.807) is 17.2 Å². The zero-order chi connectivity index (χ0) is 18.2. The number of hydrogen-bond donors (Lipinski definition) is 1. The Labute approximate surface area is 162 Å². The van der Waals surface area contributed by atoms with E-state index in [2.05, 4.69) is 38.6 Å². The third-order valence-corrected chi connectivity index (χ3v) is 5.30. The largest absolute Gasteiger partial charge is 0.339 e. The topological polar surface area (TPSA) is 55.6 Å². The molecular weight excluding hydrogens is 358 g/mol. The van der Waals surface area contributed by atoms with Crippen LogP contribution in [0, 0.1) is 0 Å². The van der Waals surface area contributed by atoms with E-state index < -0.39 is 0 Å². The second-order valence-corrected chi connectivity index (χ2v) is 7.21. The summed E-state index contributed by atoms with van der Waals surface area (Å²) in [5, 5.41) is 9.58. The molecule has 4 aromatic rings. The van der Waals surface area contributed by atoms with Crippen LogP contribution in [0.5, 0.6) is 0 Å². The van der Waals surface area contributed by atoms with E-state index in [-0.39, 0.29) is 0 Å². The number of fused-ring (bicyclic) bond motifs is 2. The van der Waals surface area contributed by atoms with Gasteiger partial charge in [-0.2, -0.15) is 5.10 Å². The average molecular weight is 376 g/mol. The zero-order valence-corrected chi connectivity index (χ0v) is 15.4. The van der Waals surface area contributed by atoms with Crippen molar-refractivity contribution in [2.45, 2.75) is 25.7 Å². The fraction of sp³-hybridized carbons (Fsp3) is 0.190. The number of halogens is 1. The van der Waals surface area contributed by atoms with Crippen LogP contribution in [0.4, 0.5) is 11.5 Å². The molecule has 1 N–H and O–H groups in total. The molecule has 5 nitrogen and oxygen atoms in total. The normalized spacial score (nSPS) is 13.5. The Hall–Kier alpha value is -2.92. The van der Waals surface area contributed by atoms with Crippen LogP contribution < -0.4 is 5.32 Å². The summed E-state index contributed by atoms with van der Waals surface area (Å²) < 4.78 is 1.79. The van der Waals surface area contributed by atoms with E-state index in [0.717, 1.165) is 41.1 Å². The molecule has 1 aliphatic rings. The molecule has 0 saturated carbocycles. The molecule has 0 unspecified atom stereocenters. The van der Waals surface area contributed by atoms with E-state index in [9.17, 15) is 0 Å². The van der Waals surface area contributed by atoms with Gasteiger partial charge in [-0.15, -0.1) is 0 Å². The fourth-order valence-electron chi connectivity index (χ4n) is 3.77. The van der Waals surface area contributed by atoms with Gasteiger partial charge in [-0.1, -0.05) is 29.8 Å². The molecule has 0 atom stereocenters. The predicted octanol–water partition coefficient (Wildman–Crippen LogP) is 5.09. The van der Waals surface area contributed by atoms with Crippen molar-refractivity contribution in [1.29, 1.82) is 0 Å². The van der Waals surface area contributed by atoms with Crippen LogP contribution in [-0.2, 0) is 12.8 Å². The lowest BCUT2D eigenvalue weighted by Gasteiger charge is -2.20. The maximum absolute atomic E-state index is 6.13. The van der Waals surface area contributed by atoms with E-state index in [4.69, 9.17) is 11.6 Å². The first-order valence-corrected chi connectivity index (χ1v) is 9.50. The SMILES string of the molecule is Clc1cccc(-n2ncc3c(Nc4cccc5c4CCCC5)ncnc32)c1. The molecule has 134 valence electrons. The number of aryl methyl sites for hydroxylation is 1. The summed E-state index contributed by atoms with van der Waals surface area (Å²) in [6.45, 7) is 0. The van der Waals surface area contributed by atoms with Crippen LogP contribution in [0.3, 0.4) is 0 Å². The van der Waals surface area contributed by atoms with Crippen molar-refractivity contribution in [3.8, 4) is 5.69 Å². The van der Waals surface area contributed by atoms with E-state index in [1.807, 2.05) is 24.3 Å². The highest BCUT2D eigenvalue weighted by Gasteiger charge is 2.16. The number of benzene rings is 2. The van der Waals surface area contributed by atoms with Crippen LogP contribution in [0.25, 0.3) is 16.7 Å². The Bertz CT molecular complexity index is 1130. The highest BCUT2D eigenvalue weighted by molar-refractivity contribution is 6.30. The Morgan fingerprint density at radius 2 is 1.89 bits per heavy atom. The van der Waals surface area contributed by atoms with E-state index >= 15 is 0 Å². The molecule has 0 saturated heterocycles. The minimum atomic E-state index is 0.666. The quantitative estimate of drug-likeness (QED) is 0.541. The molecule has 1 aliphatic carbocycles. The van der Waals surface area contributed by atoms with Crippen molar-refractivity contribution in [2.24, 2.45) is 0 Å². The second kappa shape index (κ2) is 6.67. The molecular formula is C21H18ClN5. The van der Waals surface area contributed by atoms with Gasteiger partial charge in [0, 0.05) is 10.7 Å². The smallest absolute Gasteiger partial charge is 0.168 e. The minimum Gasteiger partial charge on any atom is -0.339 e. The first kappa shape index (κ1) is 16.3. The van der Waals surface area contributed by atoms with Gasteiger partial charge < -0.3 is 5.32 Å². The summed E-state index contributed by atoms with van der Waals surface area (Å²) in [5.41, 5.74) is 5.59. The van der Waals surface area contributed by atoms with Gasteiger partial charge in [-0.3, -0.25) is 0 Å². The number of nitrogens with zero attached hydrogens (tertiary/aromatic N) is 4. The third kappa shape index (κ3) is 2.94. The minimum absolute atomic E-state index is 0.666. The summed E-state index contributed by atoms with van der Waals surface area (Å²) in [6, 6.07) is 14.0. The standard InChI is InChI=1S/C21H18ClN5/c22-15-7-4-8-16(11-15)27-21-18(12-25-27)20(23-13-24-21)26-19-10-3-6-14-5-1-2-9-17(14)19/h3-4,6-8,10-13H,1-2,5,9H2,(H,23,24,26). The maximum atomic E-state index is 6.13. The number of hydrogen-bond acceptors (Lipinski definition) is 4. The van der Waals surface area contributed by atoms with Crippen LogP contribution in [0.1, 0.15) is 24.0 Å². The first-order chi connectivity index (χ1) is 13.3. The van der Waals surface area contributed by atoms with Crippen molar-refractivity contribution in [3.63, 3.8) is 0 Å². The Morgan fingerprint density at radius 1 is 1.00 bits per heavy atom. The van der Waals surface area contributed by atoms with Crippen molar-refractivity contribution >= 4 is 34.1 Å². The number of aromatic nitrogens is 4. The van der Waals surface area contributed by atoms with Gasteiger partial charge in [0.2, 0.25) is 0 Å². The lowest BCUT2D eigenvalue weighted by atomic mass is 9.90. The lowest BCUT2D eigenvalue weighted by Crippen LogP contribution is -2.07. The molecule has 0 bridgehead atoms. The Morgan fingerprint density at radius 3 is 2.81 bits per heavy atom. The molecule has 0 amide bonds. The van der Waals surface area contributed by atoms with Crippen molar-refractivity contribution < 1.29 is 0 Å². The molecule has 0 radical (unpaired) electrons. The van der Waals surface area contributed by atoms with Crippen LogP contribution in [0.15, 0.2) is 55.0 Å². The van der Waals surface area contributed by atoms with Crippen LogP contribution >= 0.6 is 11.6 Å². The second-order valence-electron chi connectivity index (χ2n) is 6.77. The predicted molar refractivity (Wildman–Crippen MR) is 108 cm³/mol. The monoisotopic (exact) mass is 375 g/mol. The van der Waals surface area contributed by atoms with E-state index in [1.165, 1.54) is 24.0 Å². The van der Waals surface area contributed by atoms with Gasteiger partial charge in [-0.25, -0.2) is 14.6 Å². The molecule has 2 aromatic heterocycles. The average Bonchev–Trinajstić information content (AvgIpc) is 3.13. The van der Waals surface area contributed by atoms with Gasteiger partial charge in [0.05, 0.1) is 17.3 Å². The lowest BCUT2D eigenvalue weighted by molar-refractivity contribution is 0.687. The summed E-state index contributed by atoms with van der Waals surface area (Å²) in [5.74, 6) is 0.771. The molecule has 27 heavy (non-hydrogen) atoms. The molecule has 0 aliphatic heterocycles. The first-order valence-electron chi connectivity index (χ1n) is 9.12. The zero-order valence-electron chi connectivity index (χ0n) is 14.7. The molecule has 6 heteroatoms. The molecule has 5 rings (SSSR count). The third-order valence-electron chi connectivity index (χ3n) is 5.07. The number of rotatable bonds is 3. The Balaban J connectivity index is 1.58.